The van der Waals surface area contributed by atoms with Gasteiger partial charge in [-0.2, -0.15) is 0 Å². The first kappa shape index (κ1) is 15.2. The van der Waals surface area contributed by atoms with Gasteiger partial charge in [-0.15, -0.1) is 0 Å². The fourth-order valence-corrected chi connectivity index (χ4v) is 1.27. The Labute approximate surface area is 121 Å². The van der Waals surface area contributed by atoms with Crippen molar-refractivity contribution in [2.75, 3.05) is 13.4 Å². The molecular weight excluding hydrogens is 347 g/mol. The number of benzene rings is 1. The van der Waals surface area contributed by atoms with E-state index in [9.17, 15) is 4.79 Å². The standard InChI is InChI=1S/C13H17IO4/c1-3-12(14)13(15)18-11-7-5-10(6-8-11)17-9-16-4-2/h5-8,12H,3-4,9H2,1-2H3. The van der Waals surface area contributed by atoms with Crippen LogP contribution in [0.1, 0.15) is 20.3 Å². The highest BCUT2D eigenvalue weighted by Gasteiger charge is 2.14. The van der Waals surface area contributed by atoms with Crippen LogP contribution in [0.2, 0.25) is 0 Å². The van der Waals surface area contributed by atoms with Gasteiger partial charge in [-0.05, 0) is 37.6 Å². The number of alkyl halides is 1. The molecule has 1 unspecified atom stereocenters. The van der Waals surface area contributed by atoms with Crippen LogP contribution in [0, 0.1) is 0 Å². The summed E-state index contributed by atoms with van der Waals surface area (Å²) in [6.45, 7) is 4.69. The molecule has 0 saturated carbocycles. The summed E-state index contributed by atoms with van der Waals surface area (Å²) >= 11 is 2.07. The second-order valence-corrected chi connectivity index (χ2v) is 5.03. The fraction of sp³-hybridized carbons (Fsp3) is 0.462. The van der Waals surface area contributed by atoms with Crippen molar-refractivity contribution >= 4 is 28.6 Å². The minimum Gasteiger partial charge on any atom is -0.468 e. The molecule has 18 heavy (non-hydrogen) atoms. The number of hydrogen-bond acceptors (Lipinski definition) is 4. The normalized spacial score (nSPS) is 11.9. The van der Waals surface area contributed by atoms with Crippen LogP contribution in [0.5, 0.6) is 11.5 Å². The molecule has 0 radical (unpaired) electrons. The molecule has 1 atom stereocenters. The van der Waals surface area contributed by atoms with Gasteiger partial charge in [0.15, 0.2) is 6.79 Å². The van der Waals surface area contributed by atoms with E-state index in [1.165, 1.54) is 0 Å². The van der Waals surface area contributed by atoms with E-state index in [2.05, 4.69) is 22.6 Å². The van der Waals surface area contributed by atoms with Crippen molar-refractivity contribution in [2.45, 2.75) is 24.2 Å². The zero-order valence-corrected chi connectivity index (χ0v) is 12.7. The first-order valence-electron chi connectivity index (χ1n) is 5.83. The number of carbonyl (C=O) groups is 1. The number of carbonyl (C=O) groups excluding carboxylic acids is 1. The topological polar surface area (TPSA) is 44.8 Å². The monoisotopic (exact) mass is 364 g/mol. The van der Waals surface area contributed by atoms with Crippen LogP contribution in [0.3, 0.4) is 0 Å². The maximum atomic E-state index is 11.6. The van der Waals surface area contributed by atoms with Crippen molar-refractivity contribution in [3.8, 4) is 11.5 Å². The summed E-state index contributed by atoms with van der Waals surface area (Å²) in [7, 11) is 0. The average molecular weight is 364 g/mol. The van der Waals surface area contributed by atoms with Gasteiger partial charge in [0, 0.05) is 6.61 Å². The van der Waals surface area contributed by atoms with E-state index in [-0.39, 0.29) is 16.7 Å². The van der Waals surface area contributed by atoms with Crippen molar-refractivity contribution in [2.24, 2.45) is 0 Å². The predicted octanol–water partition coefficient (Wildman–Crippen LogP) is 3.18. The molecule has 100 valence electrons. The van der Waals surface area contributed by atoms with E-state index in [1.807, 2.05) is 13.8 Å². The van der Waals surface area contributed by atoms with Crippen molar-refractivity contribution in [1.29, 1.82) is 0 Å². The molecule has 0 spiro atoms. The summed E-state index contributed by atoms with van der Waals surface area (Å²) in [6, 6.07) is 6.90. The van der Waals surface area contributed by atoms with E-state index >= 15 is 0 Å². The highest BCUT2D eigenvalue weighted by Crippen LogP contribution is 2.19. The largest absolute Gasteiger partial charge is 0.468 e. The lowest BCUT2D eigenvalue weighted by atomic mass is 10.3. The molecule has 0 amide bonds. The van der Waals surface area contributed by atoms with E-state index in [1.54, 1.807) is 24.3 Å². The van der Waals surface area contributed by atoms with Gasteiger partial charge in [0.1, 0.15) is 15.4 Å². The third-order valence-corrected chi connectivity index (χ3v) is 3.56. The molecule has 1 aromatic carbocycles. The van der Waals surface area contributed by atoms with E-state index in [0.29, 0.717) is 18.1 Å². The minimum atomic E-state index is -0.221. The SMILES string of the molecule is CCOCOc1ccc(OC(=O)C(I)CC)cc1. The summed E-state index contributed by atoms with van der Waals surface area (Å²) in [4.78, 5) is 11.6. The first-order valence-corrected chi connectivity index (χ1v) is 7.08. The molecule has 1 rings (SSSR count). The second-order valence-electron chi connectivity index (χ2n) is 3.52. The van der Waals surface area contributed by atoms with Crippen molar-refractivity contribution in [3.63, 3.8) is 0 Å². The molecule has 0 aliphatic heterocycles. The van der Waals surface area contributed by atoms with Gasteiger partial charge in [-0.3, -0.25) is 4.79 Å². The Balaban J connectivity index is 2.47. The average Bonchev–Trinajstić information content (AvgIpc) is 2.40. The predicted molar refractivity (Wildman–Crippen MR) is 77.3 cm³/mol. The van der Waals surface area contributed by atoms with Crippen LogP contribution >= 0.6 is 22.6 Å². The molecule has 0 aliphatic carbocycles. The van der Waals surface area contributed by atoms with Crippen molar-refractivity contribution in [3.05, 3.63) is 24.3 Å². The molecule has 4 nitrogen and oxygen atoms in total. The Kier molecular flexibility index (Phi) is 7.04. The third-order valence-electron chi connectivity index (χ3n) is 2.17. The highest BCUT2D eigenvalue weighted by molar-refractivity contribution is 14.1. The van der Waals surface area contributed by atoms with Crippen LogP contribution in [0.4, 0.5) is 0 Å². The van der Waals surface area contributed by atoms with Gasteiger partial charge in [0.2, 0.25) is 0 Å². The lowest BCUT2D eigenvalue weighted by Gasteiger charge is -2.09. The van der Waals surface area contributed by atoms with E-state index in [0.717, 1.165) is 6.42 Å². The Morgan fingerprint density at radius 3 is 2.39 bits per heavy atom. The van der Waals surface area contributed by atoms with Crippen LogP contribution in [0.25, 0.3) is 0 Å². The summed E-state index contributed by atoms with van der Waals surface area (Å²) in [5.74, 6) is 0.990. The number of halogens is 1. The molecule has 0 aromatic heterocycles. The second kappa shape index (κ2) is 8.31. The lowest BCUT2D eigenvalue weighted by Crippen LogP contribution is -2.19. The maximum absolute atomic E-state index is 11.6. The van der Waals surface area contributed by atoms with Gasteiger partial charge in [-0.25, -0.2) is 0 Å². The van der Waals surface area contributed by atoms with E-state index < -0.39 is 0 Å². The Hall–Kier alpha value is -0.820. The third kappa shape index (κ3) is 5.22. The minimum absolute atomic E-state index is 0.114. The summed E-state index contributed by atoms with van der Waals surface area (Å²) in [5.41, 5.74) is 0. The Morgan fingerprint density at radius 1 is 1.22 bits per heavy atom. The molecule has 0 saturated heterocycles. The van der Waals surface area contributed by atoms with Crippen LogP contribution in [-0.2, 0) is 9.53 Å². The molecule has 0 heterocycles. The molecule has 5 heteroatoms. The van der Waals surface area contributed by atoms with Gasteiger partial charge in [0.05, 0.1) is 0 Å². The summed E-state index contributed by atoms with van der Waals surface area (Å²) < 4.78 is 15.5. The lowest BCUT2D eigenvalue weighted by molar-refractivity contribution is -0.133. The van der Waals surface area contributed by atoms with Crippen LogP contribution in [0.15, 0.2) is 24.3 Å². The number of rotatable bonds is 7. The summed E-state index contributed by atoms with van der Waals surface area (Å²) in [5, 5.41) is 0. The smallest absolute Gasteiger partial charge is 0.324 e. The molecule has 0 N–H and O–H groups in total. The first-order chi connectivity index (χ1) is 8.67. The zero-order chi connectivity index (χ0) is 13.4. The quantitative estimate of drug-likeness (QED) is 0.186. The molecule has 0 aliphatic rings. The molecule has 0 fully saturated rings. The molecule has 0 bridgehead atoms. The van der Waals surface area contributed by atoms with Gasteiger partial charge < -0.3 is 14.2 Å². The van der Waals surface area contributed by atoms with Gasteiger partial charge in [0.25, 0.3) is 0 Å². The molecule has 1 aromatic rings. The number of hydrogen-bond donors (Lipinski definition) is 0. The van der Waals surface area contributed by atoms with Crippen molar-refractivity contribution < 1.29 is 19.0 Å². The van der Waals surface area contributed by atoms with Crippen LogP contribution < -0.4 is 9.47 Å². The zero-order valence-electron chi connectivity index (χ0n) is 10.5. The van der Waals surface area contributed by atoms with Crippen molar-refractivity contribution in [1.82, 2.24) is 0 Å². The maximum Gasteiger partial charge on any atom is 0.324 e. The Morgan fingerprint density at radius 2 is 1.83 bits per heavy atom. The van der Waals surface area contributed by atoms with Gasteiger partial charge >= 0.3 is 5.97 Å². The highest BCUT2D eigenvalue weighted by atomic mass is 127. The summed E-state index contributed by atoms with van der Waals surface area (Å²) in [6.07, 6.45) is 0.759. The number of ether oxygens (including phenoxy) is 3. The fourth-order valence-electron chi connectivity index (χ4n) is 1.14. The van der Waals surface area contributed by atoms with Gasteiger partial charge in [-0.1, -0.05) is 29.5 Å². The number of esters is 1. The van der Waals surface area contributed by atoms with E-state index in [4.69, 9.17) is 14.2 Å². The Bertz CT molecular complexity index is 364. The molecular formula is C13H17IO4. The van der Waals surface area contributed by atoms with Crippen LogP contribution in [-0.4, -0.2) is 23.3 Å².